The number of halogens is 1. The summed E-state index contributed by atoms with van der Waals surface area (Å²) in [4.78, 5) is 23.0. The Labute approximate surface area is 236 Å². The summed E-state index contributed by atoms with van der Waals surface area (Å²) in [6.07, 6.45) is 0. The number of benzene rings is 2. The van der Waals surface area contributed by atoms with Crippen LogP contribution in [0.2, 0.25) is 0 Å². The highest BCUT2D eigenvalue weighted by atomic mass is 35.5. The van der Waals surface area contributed by atoms with Crippen LogP contribution in [0.4, 0.5) is 5.13 Å². The monoisotopic (exact) mass is 565 g/mol. The van der Waals surface area contributed by atoms with Crippen LogP contribution in [0.3, 0.4) is 0 Å². The number of rotatable bonds is 15. The molecule has 0 N–H and O–H groups in total. The zero-order chi connectivity index (χ0) is 26.8. The van der Waals surface area contributed by atoms with E-state index < -0.39 is 0 Å². The van der Waals surface area contributed by atoms with E-state index in [1.54, 1.807) is 17.0 Å². The van der Waals surface area contributed by atoms with Crippen LogP contribution in [-0.2, 0) is 0 Å². The van der Waals surface area contributed by atoms with Crippen LogP contribution in [0.5, 0.6) is 23.0 Å². The van der Waals surface area contributed by atoms with E-state index in [4.69, 9.17) is 23.9 Å². The smallest absolute Gasteiger partial charge is 0.260 e. The molecule has 0 aliphatic carbocycles. The van der Waals surface area contributed by atoms with Crippen LogP contribution >= 0.6 is 23.7 Å². The summed E-state index contributed by atoms with van der Waals surface area (Å²) in [6.45, 7) is 16.8. The molecule has 3 rings (SSSR count). The fraction of sp³-hybridized carbons (Fsp3) is 0.500. The first-order valence-corrected chi connectivity index (χ1v) is 14.0. The zero-order valence-electron chi connectivity index (χ0n) is 23.2. The third-order valence-corrected chi connectivity index (χ3v) is 6.88. The van der Waals surface area contributed by atoms with Crippen molar-refractivity contribution < 1.29 is 23.7 Å². The van der Waals surface area contributed by atoms with E-state index in [0.717, 1.165) is 35.6 Å². The van der Waals surface area contributed by atoms with Gasteiger partial charge in [-0.25, -0.2) is 4.98 Å². The Hall–Kier alpha value is -2.75. The normalized spacial score (nSPS) is 10.8. The first-order chi connectivity index (χ1) is 18.0. The van der Waals surface area contributed by atoms with Gasteiger partial charge in [0.2, 0.25) is 5.75 Å². The molecule has 0 saturated carbocycles. The zero-order valence-corrected chi connectivity index (χ0v) is 24.9. The van der Waals surface area contributed by atoms with Gasteiger partial charge in [-0.15, -0.1) is 12.4 Å². The minimum atomic E-state index is -0.172. The quantitative estimate of drug-likeness (QED) is 0.214. The highest BCUT2D eigenvalue weighted by molar-refractivity contribution is 7.22. The number of carbonyl (C=O) groups excluding carboxylic acids is 1. The van der Waals surface area contributed by atoms with E-state index in [0.29, 0.717) is 60.9 Å². The molecular formula is C28H40ClN3O5S. The molecule has 0 fully saturated rings. The van der Waals surface area contributed by atoms with Crippen molar-refractivity contribution in [1.29, 1.82) is 0 Å². The van der Waals surface area contributed by atoms with E-state index in [1.165, 1.54) is 11.3 Å². The maximum absolute atomic E-state index is 14.1. The highest BCUT2D eigenvalue weighted by Gasteiger charge is 2.26. The van der Waals surface area contributed by atoms with Gasteiger partial charge in [-0.3, -0.25) is 9.69 Å². The number of hydrogen-bond acceptors (Lipinski definition) is 8. The predicted molar refractivity (Wildman–Crippen MR) is 157 cm³/mol. The van der Waals surface area contributed by atoms with Crippen molar-refractivity contribution in [3.05, 3.63) is 35.9 Å². The lowest BCUT2D eigenvalue weighted by molar-refractivity contribution is 0.0982. The van der Waals surface area contributed by atoms with Gasteiger partial charge in [-0.1, -0.05) is 31.3 Å². The number of fused-ring (bicyclic) bond motifs is 1. The van der Waals surface area contributed by atoms with Gasteiger partial charge in [0.15, 0.2) is 16.6 Å². The highest BCUT2D eigenvalue weighted by Crippen LogP contribution is 2.40. The van der Waals surface area contributed by atoms with Gasteiger partial charge in [0.1, 0.15) is 11.3 Å². The van der Waals surface area contributed by atoms with Crippen molar-refractivity contribution in [2.24, 2.45) is 0 Å². The Balaban J connectivity index is 0.00000507. The minimum absolute atomic E-state index is 0. The largest absolute Gasteiger partial charge is 0.492 e. The summed E-state index contributed by atoms with van der Waals surface area (Å²) >= 11 is 1.48. The maximum atomic E-state index is 14.1. The molecule has 0 bridgehead atoms. The van der Waals surface area contributed by atoms with E-state index in [2.05, 4.69) is 18.7 Å². The Morgan fingerprint density at radius 1 is 0.816 bits per heavy atom. The number of carbonyl (C=O) groups is 1. The number of thiazole rings is 1. The SMILES string of the molecule is CCOc1cc(C(=O)N(CCN(CC)CC)c2nc3c(OCC)cccc3s2)cc(OCC)c1OCC.Cl. The van der Waals surface area contributed by atoms with Crippen molar-refractivity contribution in [3.63, 3.8) is 0 Å². The number of para-hydroxylation sites is 1. The summed E-state index contributed by atoms with van der Waals surface area (Å²) in [5.41, 5.74) is 1.22. The summed E-state index contributed by atoms with van der Waals surface area (Å²) in [7, 11) is 0. The van der Waals surface area contributed by atoms with Crippen molar-refractivity contribution >= 4 is 45.0 Å². The Morgan fingerprint density at radius 2 is 1.39 bits per heavy atom. The fourth-order valence-corrected chi connectivity index (χ4v) is 5.04. The molecule has 0 radical (unpaired) electrons. The first kappa shape index (κ1) is 31.5. The lowest BCUT2D eigenvalue weighted by atomic mass is 10.1. The molecule has 1 amide bonds. The number of aromatic nitrogens is 1. The van der Waals surface area contributed by atoms with Gasteiger partial charge in [0.25, 0.3) is 5.91 Å². The number of nitrogens with zero attached hydrogens (tertiary/aromatic N) is 3. The van der Waals surface area contributed by atoms with Crippen LogP contribution in [0, 0.1) is 0 Å². The molecule has 2 aromatic carbocycles. The van der Waals surface area contributed by atoms with E-state index in [9.17, 15) is 4.79 Å². The average molecular weight is 566 g/mol. The fourth-order valence-electron chi connectivity index (χ4n) is 4.03. The third-order valence-electron chi connectivity index (χ3n) is 5.84. The molecule has 0 unspecified atom stereocenters. The standard InChI is InChI=1S/C28H39N3O5S.ClH/c1-7-30(8-2)16-17-31(28-29-25-21(33-9-3)14-13-15-24(25)37-28)27(32)20-18-22(34-10-4)26(36-12-6)23(19-20)35-11-5;/h13-15,18-19H,7-12,16-17H2,1-6H3;1H. The van der Waals surface area contributed by atoms with E-state index in [-0.39, 0.29) is 18.3 Å². The number of likely N-dealkylation sites (N-methyl/N-ethyl adjacent to an activating group) is 1. The van der Waals surface area contributed by atoms with Gasteiger partial charge in [-0.2, -0.15) is 0 Å². The summed E-state index contributed by atoms with van der Waals surface area (Å²) in [5, 5.41) is 0.629. The second-order valence-electron chi connectivity index (χ2n) is 8.12. The second-order valence-corrected chi connectivity index (χ2v) is 9.13. The topological polar surface area (TPSA) is 73.4 Å². The van der Waals surface area contributed by atoms with Gasteiger partial charge >= 0.3 is 0 Å². The van der Waals surface area contributed by atoms with Crippen molar-refractivity contribution in [3.8, 4) is 23.0 Å². The lowest BCUT2D eigenvalue weighted by Gasteiger charge is -2.25. The molecule has 3 aromatic rings. The average Bonchev–Trinajstić information content (AvgIpc) is 3.33. The molecule has 38 heavy (non-hydrogen) atoms. The van der Waals surface area contributed by atoms with Gasteiger partial charge in [-0.05, 0) is 65.0 Å². The predicted octanol–water partition coefficient (Wildman–Crippen LogP) is 6.30. The van der Waals surface area contributed by atoms with Crippen molar-refractivity contribution in [2.45, 2.75) is 41.5 Å². The minimum Gasteiger partial charge on any atom is -0.492 e. The summed E-state index contributed by atoms with van der Waals surface area (Å²) in [6, 6.07) is 9.34. The molecule has 8 nitrogen and oxygen atoms in total. The molecular weight excluding hydrogens is 526 g/mol. The molecule has 0 spiro atoms. The molecule has 0 aliphatic rings. The molecule has 0 saturated heterocycles. The van der Waals surface area contributed by atoms with Crippen LogP contribution in [-0.4, -0.2) is 68.4 Å². The Morgan fingerprint density at radius 3 is 1.95 bits per heavy atom. The summed E-state index contributed by atoms with van der Waals surface area (Å²) < 4.78 is 24.3. The Bertz CT molecular complexity index is 1140. The van der Waals surface area contributed by atoms with Crippen LogP contribution in [0.15, 0.2) is 30.3 Å². The first-order valence-electron chi connectivity index (χ1n) is 13.1. The van der Waals surface area contributed by atoms with Gasteiger partial charge in [0.05, 0.1) is 31.1 Å². The van der Waals surface area contributed by atoms with Crippen LogP contribution in [0.1, 0.15) is 51.9 Å². The maximum Gasteiger partial charge on any atom is 0.260 e. The lowest BCUT2D eigenvalue weighted by Crippen LogP contribution is -2.39. The Kier molecular flexibility index (Phi) is 12.9. The van der Waals surface area contributed by atoms with Crippen LogP contribution in [0.25, 0.3) is 10.2 Å². The number of amides is 1. The van der Waals surface area contributed by atoms with Crippen LogP contribution < -0.4 is 23.8 Å². The number of hydrogen-bond donors (Lipinski definition) is 0. The molecule has 0 aliphatic heterocycles. The van der Waals surface area contributed by atoms with Crippen molar-refractivity contribution in [2.75, 3.05) is 57.5 Å². The van der Waals surface area contributed by atoms with Gasteiger partial charge in [0, 0.05) is 18.7 Å². The molecule has 1 heterocycles. The van der Waals surface area contributed by atoms with E-state index in [1.807, 2.05) is 45.9 Å². The number of ether oxygens (including phenoxy) is 4. The molecule has 10 heteroatoms. The third kappa shape index (κ3) is 7.42. The number of anilines is 1. The summed E-state index contributed by atoms with van der Waals surface area (Å²) in [5.74, 6) is 2.04. The van der Waals surface area contributed by atoms with Crippen molar-refractivity contribution in [1.82, 2.24) is 9.88 Å². The molecule has 1 aromatic heterocycles. The van der Waals surface area contributed by atoms with Gasteiger partial charge < -0.3 is 23.8 Å². The second kappa shape index (κ2) is 15.6. The molecule has 210 valence electrons. The van der Waals surface area contributed by atoms with E-state index >= 15 is 0 Å². The molecule has 0 atom stereocenters.